The maximum absolute atomic E-state index is 11.7. The Morgan fingerprint density at radius 1 is 1.47 bits per heavy atom. The van der Waals surface area contributed by atoms with Crippen molar-refractivity contribution >= 4 is 17.4 Å². The lowest BCUT2D eigenvalue weighted by atomic mass is 10.1. The smallest absolute Gasteiger partial charge is 0.315 e. The van der Waals surface area contributed by atoms with Gasteiger partial charge >= 0.3 is 6.03 Å². The highest BCUT2D eigenvalue weighted by Gasteiger charge is 2.25. The summed E-state index contributed by atoms with van der Waals surface area (Å²) in [4.78, 5) is 15.9. The number of urea groups is 1. The second kappa shape index (κ2) is 6.59. The molecule has 5 heteroatoms. The summed E-state index contributed by atoms with van der Waals surface area (Å²) in [7, 11) is 0. The first-order chi connectivity index (χ1) is 8.06. The molecule has 0 aliphatic heterocycles. The summed E-state index contributed by atoms with van der Waals surface area (Å²) in [5.74, 6) is 0. The highest BCUT2D eigenvalue weighted by Crippen LogP contribution is 2.21. The van der Waals surface area contributed by atoms with E-state index in [0.29, 0.717) is 0 Å². The molecule has 0 aliphatic rings. The van der Waals surface area contributed by atoms with Gasteiger partial charge in [-0.15, -0.1) is 11.3 Å². The average Bonchev–Trinajstić information content (AvgIpc) is 2.77. The molecule has 1 heterocycles. The predicted octanol–water partition coefficient (Wildman–Crippen LogP) is 2.87. The van der Waals surface area contributed by atoms with Crippen LogP contribution in [-0.2, 0) is 5.54 Å². The summed E-state index contributed by atoms with van der Waals surface area (Å²) in [6.07, 6.45) is 5.09. The number of carbonyl (C=O) groups excluding carboxylic acids is 1. The molecule has 96 valence electrons. The Bertz CT molecular complexity index is 336. The zero-order valence-corrected chi connectivity index (χ0v) is 11.6. The van der Waals surface area contributed by atoms with Gasteiger partial charge in [0.05, 0.1) is 5.54 Å². The van der Waals surface area contributed by atoms with Crippen LogP contribution in [0.2, 0.25) is 0 Å². The minimum atomic E-state index is -0.414. The van der Waals surface area contributed by atoms with Gasteiger partial charge in [0, 0.05) is 18.1 Å². The molecule has 0 spiro atoms. The molecule has 0 aliphatic carbocycles. The highest BCUT2D eigenvalue weighted by molar-refractivity contribution is 7.09. The fraction of sp³-hybridized carbons (Fsp3) is 0.667. The van der Waals surface area contributed by atoms with E-state index in [-0.39, 0.29) is 6.03 Å². The molecule has 1 aromatic rings. The standard InChI is InChI=1S/C12H21N3OS/c1-4-5-6-7-14-11(16)15-12(2,3)10-13-8-9-17-10/h8-9H,4-7H2,1-3H3,(H2,14,15,16). The third kappa shape index (κ3) is 4.73. The number of aromatic nitrogens is 1. The Labute approximate surface area is 107 Å². The maximum atomic E-state index is 11.7. The van der Waals surface area contributed by atoms with E-state index >= 15 is 0 Å². The van der Waals surface area contributed by atoms with Crippen LogP contribution in [0.15, 0.2) is 11.6 Å². The van der Waals surface area contributed by atoms with Crippen molar-refractivity contribution in [3.05, 3.63) is 16.6 Å². The first-order valence-corrected chi connectivity index (χ1v) is 6.90. The largest absolute Gasteiger partial charge is 0.338 e. The van der Waals surface area contributed by atoms with Crippen molar-refractivity contribution in [1.29, 1.82) is 0 Å². The molecule has 0 fully saturated rings. The summed E-state index contributed by atoms with van der Waals surface area (Å²) in [6, 6.07) is -0.124. The zero-order valence-electron chi connectivity index (χ0n) is 10.7. The van der Waals surface area contributed by atoms with Crippen LogP contribution in [0.1, 0.15) is 45.0 Å². The van der Waals surface area contributed by atoms with E-state index in [0.717, 1.165) is 30.8 Å². The molecule has 17 heavy (non-hydrogen) atoms. The number of hydrogen-bond donors (Lipinski definition) is 2. The second-order valence-electron chi connectivity index (χ2n) is 4.55. The molecule has 0 aromatic carbocycles. The van der Waals surface area contributed by atoms with Crippen molar-refractivity contribution < 1.29 is 4.79 Å². The molecule has 2 N–H and O–H groups in total. The Balaban J connectivity index is 2.35. The molecule has 0 saturated carbocycles. The lowest BCUT2D eigenvalue weighted by molar-refractivity contribution is 0.229. The quantitative estimate of drug-likeness (QED) is 0.768. The third-order valence-corrected chi connectivity index (χ3v) is 3.56. The zero-order chi connectivity index (χ0) is 12.7. The molecule has 4 nitrogen and oxygen atoms in total. The molecule has 0 radical (unpaired) electrons. The normalized spacial score (nSPS) is 11.2. The molecule has 0 atom stereocenters. The van der Waals surface area contributed by atoms with E-state index in [1.807, 2.05) is 19.2 Å². The van der Waals surface area contributed by atoms with Gasteiger partial charge in [-0.3, -0.25) is 0 Å². The lowest BCUT2D eigenvalue weighted by Crippen LogP contribution is -2.46. The van der Waals surface area contributed by atoms with Gasteiger partial charge in [-0.25, -0.2) is 9.78 Å². The average molecular weight is 255 g/mol. The Morgan fingerprint density at radius 3 is 2.82 bits per heavy atom. The SMILES string of the molecule is CCCCCNC(=O)NC(C)(C)c1nccs1. The molecular weight excluding hydrogens is 234 g/mol. The number of amides is 2. The van der Waals surface area contributed by atoms with E-state index in [1.54, 1.807) is 17.5 Å². The van der Waals surface area contributed by atoms with E-state index in [1.165, 1.54) is 0 Å². The van der Waals surface area contributed by atoms with Crippen LogP contribution in [0.4, 0.5) is 4.79 Å². The summed E-state index contributed by atoms with van der Waals surface area (Å²) >= 11 is 1.55. The van der Waals surface area contributed by atoms with Crippen molar-refractivity contribution in [3.8, 4) is 0 Å². The van der Waals surface area contributed by atoms with Crippen molar-refractivity contribution in [3.63, 3.8) is 0 Å². The minimum Gasteiger partial charge on any atom is -0.338 e. The minimum absolute atomic E-state index is 0.124. The Kier molecular flexibility index (Phi) is 5.41. The monoisotopic (exact) mass is 255 g/mol. The number of nitrogens with one attached hydrogen (secondary N) is 2. The summed E-state index contributed by atoms with van der Waals surface area (Å²) in [5, 5.41) is 8.63. The van der Waals surface area contributed by atoms with Crippen LogP contribution < -0.4 is 10.6 Å². The van der Waals surface area contributed by atoms with Gasteiger partial charge in [0.15, 0.2) is 0 Å². The van der Waals surface area contributed by atoms with Crippen molar-refractivity contribution in [2.45, 2.75) is 45.6 Å². The summed E-state index contributed by atoms with van der Waals surface area (Å²) in [5.41, 5.74) is -0.414. The van der Waals surface area contributed by atoms with Gasteiger partial charge in [0.25, 0.3) is 0 Å². The van der Waals surface area contributed by atoms with Gasteiger partial charge in [-0.2, -0.15) is 0 Å². The maximum Gasteiger partial charge on any atom is 0.315 e. The van der Waals surface area contributed by atoms with Gasteiger partial charge in [-0.05, 0) is 20.3 Å². The van der Waals surface area contributed by atoms with Crippen LogP contribution in [-0.4, -0.2) is 17.6 Å². The lowest BCUT2D eigenvalue weighted by Gasteiger charge is -2.23. The number of carbonyl (C=O) groups is 1. The molecule has 0 unspecified atom stereocenters. The number of rotatable bonds is 6. The number of hydrogen-bond acceptors (Lipinski definition) is 3. The highest BCUT2D eigenvalue weighted by atomic mass is 32.1. The third-order valence-electron chi connectivity index (χ3n) is 2.46. The summed E-state index contributed by atoms with van der Waals surface area (Å²) in [6.45, 7) is 6.79. The van der Waals surface area contributed by atoms with Crippen LogP contribution >= 0.6 is 11.3 Å². The van der Waals surface area contributed by atoms with Crippen LogP contribution in [0, 0.1) is 0 Å². The van der Waals surface area contributed by atoms with Crippen molar-refractivity contribution in [1.82, 2.24) is 15.6 Å². The van der Waals surface area contributed by atoms with Gasteiger partial charge < -0.3 is 10.6 Å². The van der Waals surface area contributed by atoms with Crippen LogP contribution in [0.3, 0.4) is 0 Å². The molecule has 1 aromatic heterocycles. The molecular formula is C12H21N3OS. The fourth-order valence-corrected chi connectivity index (χ4v) is 2.21. The fourth-order valence-electron chi connectivity index (χ4n) is 1.49. The van der Waals surface area contributed by atoms with E-state index < -0.39 is 5.54 Å². The van der Waals surface area contributed by atoms with Crippen LogP contribution in [0.25, 0.3) is 0 Å². The molecule has 1 rings (SSSR count). The molecule has 0 saturated heterocycles. The van der Waals surface area contributed by atoms with Gasteiger partial charge in [0.2, 0.25) is 0 Å². The van der Waals surface area contributed by atoms with Gasteiger partial charge in [-0.1, -0.05) is 19.8 Å². The Morgan fingerprint density at radius 2 is 2.24 bits per heavy atom. The van der Waals surface area contributed by atoms with E-state index in [9.17, 15) is 4.79 Å². The van der Waals surface area contributed by atoms with Crippen molar-refractivity contribution in [2.24, 2.45) is 0 Å². The Hall–Kier alpha value is -1.10. The first kappa shape index (κ1) is 14.0. The van der Waals surface area contributed by atoms with Crippen molar-refractivity contribution in [2.75, 3.05) is 6.54 Å². The van der Waals surface area contributed by atoms with E-state index in [2.05, 4.69) is 22.5 Å². The second-order valence-corrected chi connectivity index (χ2v) is 5.44. The molecule has 0 bridgehead atoms. The first-order valence-electron chi connectivity index (χ1n) is 6.02. The predicted molar refractivity (Wildman–Crippen MR) is 71.2 cm³/mol. The molecule has 2 amide bonds. The number of nitrogens with zero attached hydrogens (tertiary/aromatic N) is 1. The number of thiazole rings is 1. The number of unbranched alkanes of at least 4 members (excludes halogenated alkanes) is 2. The van der Waals surface area contributed by atoms with Gasteiger partial charge in [0.1, 0.15) is 5.01 Å². The van der Waals surface area contributed by atoms with Crippen LogP contribution in [0.5, 0.6) is 0 Å². The van der Waals surface area contributed by atoms with E-state index in [4.69, 9.17) is 0 Å². The summed E-state index contributed by atoms with van der Waals surface area (Å²) < 4.78 is 0. The topological polar surface area (TPSA) is 54.0 Å².